The Hall–Kier alpha value is -3.92. The van der Waals surface area contributed by atoms with Crippen LogP contribution >= 0.6 is 0 Å². The van der Waals surface area contributed by atoms with Crippen molar-refractivity contribution in [2.24, 2.45) is 11.5 Å². The second-order valence-electron chi connectivity index (χ2n) is 8.16. The van der Waals surface area contributed by atoms with E-state index in [1.54, 1.807) is 24.8 Å². The van der Waals surface area contributed by atoms with Crippen LogP contribution < -0.4 is 21.7 Å². The van der Waals surface area contributed by atoms with Gasteiger partial charge in [0.1, 0.15) is 0 Å². The van der Waals surface area contributed by atoms with Gasteiger partial charge in [-0.1, -0.05) is 24.3 Å². The molecule has 0 bridgehead atoms. The van der Waals surface area contributed by atoms with E-state index in [0.29, 0.717) is 0 Å². The number of carbonyl (C=O) groups excluding carboxylic acids is 2. The normalized spacial score (nSPS) is 10.1. The molecule has 0 fully saturated rings. The summed E-state index contributed by atoms with van der Waals surface area (Å²) in [5, 5.41) is 19.5. The summed E-state index contributed by atoms with van der Waals surface area (Å²) >= 11 is 0. The zero-order valence-electron chi connectivity index (χ0n) is 26.3. The number of pyridine rings is 4. The van der Waals surface area contributed by atoms with Crippen LogP contribution in [0.5, 0.6) is 0 Å². The Morgan fingerprint density at radius 2 is 0.692 bits per heavy atom. The quantitative estimate of drug-likeness (QED) is 0.123. The van der Waals surface area contributed by atoms with Crippen LogP contribution in [0.15, 0.2) is 97.6 Å². The summed E-state index contributed by atoms with van der Waals surface area (Å²) in [7, 11) is -9.13. The molecule has 52 heavy (non-hydrogen) atoms. The van der Waals surface area contributed by atoms with Crippen molar-refractivity contribution in [3.8, 4) is 22.8 Å². The first-order chi connectivity index (χ1) is 20.6. The fraction of sp³-hybridized carbons (Fsp3) is 0.154. The first-order valence-electron chi connectivity index (χ1n) is 12.0. The summed E-state index contributed by atoms with van der Waals surface area (Å²) in [6.07, 6.45) is 7.07. The number of aromatic nitrogens is 4. The minimum atomic E-state index is -4.56. The number of nitrogens with two attached hydrogens (primary N) is 2. The summed E-state index contributed by atoms with van der Waals surface area (Å²) in [6, 6.07) is 19.7. The van der Waals surface area contributed by atoms with Crippen LogP contribution in [0.1, 0.15) is 0 Å². The van der Waals surface area contributed by atoms with Gasteiger partial charge in [0.25, 0.3) is 0 Å². The number of carboxylic acid groups (broad SMARTS) is 2. The molecule has 302 valence electrons. The molecule has 4 rings (SSSR count). The molecular weight excluding hydrogens is 844 g/mol. The molecule has 22 nitrogen and oxygen atoms in total. The van der Waals surface area contributed by atoms with Gasteiger partial charge >= 0.3 is 34.1 Å². The zero-order chi connectivity index (χ0) is 33.2. The van der Waals surface area contributed by atoms with Crippen molar-refractivity contribution in [3.05, 3.63) is 97.6 Å². The van der Waals surface area contributed by atoms with E-state index in [1.165, 1.54) is 0 Å². The maximum absolute atomic E-state index is 9.82. The Labute approximate surface area is 319 Å². The van der Waals surface area contributed by atoms with Crippen LogP contribution in [0, 0.1) is 0 Å². The van der Waals surface area contributed by atoms with E-state index in [9.17, 15) is 45.7 Å². The molecule has 2 atom stereocenters. The summed E-state index contributed by atoms with van der Waals surface area (Å²) in [6.45, 7) is 0. The van der Waals surface area contributed by atoms with Crippen molar-refractivity contribution in [1.82, 2.24) is 19.9 Å². The number of aliphatic carboxylic acids is 2. The fourth-order valence-corrected chi connectivity index (χ4v) is 3.78. The van der Waals surface area contributed by atoms with Gasteiger partial charge in [-0.05, 0) is 48.5 Å². The molecule has 0 aliphatic heterocycles. The molecule has 4 aromatic rings. The molecule has 26 heteroatoms. The standard InChI is InChI=1S/2C10H8N2.2C3H7NO5S.2Cu.6H2O/c2*1-3-7-11-9(5-1)10-6-2-4-8-12-10;2*4-2(3(5)6)1-10(7,8)9;;;;;;;;/h2*1-8H;2*2H,1,4H2,(H,5,6)(H,7,8,9);;;6*1H2/q;;;;2*+2;;;;;;/p-4/t;;2*2-;;;;;;;;/m..00......../s1. The average Bonchev–Trinajstić information content (AvgIpc) is 2.98. The Morgan fingerprint density at radius 3 is 0.788 bits per heavy atom. The monoisotopic (exact) mass is 880 g/mol. The molecule has 0 saturated heterocycles. The van der Waals surface area contributed by atoms with Gasteiger partial charge in [0.15, 0.2) is 0 Å². The molecule has 0 saturated carbocycles. The van der Waals surface area contributed by atoms with Crippen molar-refractivity contribution < 1.29 is 113 Å². The molecule has 0 amide bonds. The molecule has 0 aliphatic carbocycles. The molecular formula is C26H38Cu2N6O16S2. The van der Waals surface area contributed by atoms with Crippen molar-refractivity contribution in [2.45, 2.75) is 12.1 Å². The van der Waals surface area contributed by atoms with E-state index in [0.717, 1.165) is 22.8 Å². The number of rotatable bonds is 8. The predicted molar refractivity (Wildman–Crippen MR) is 172 cm³/mol. The van der Waals surface area contributed by atoms with E-state index in [2.05, 4.69) is 31.4 Å². The third kappa shape index (κ3) is 32.0. The minimum absolute atomic E-state index is 0. The summed E-state index contributed by atoms with van der Waals surface area (Å²) in [4.78, 5) is 36.2. The Morgan fingerprint density at radius 1 is 0.500 bits per heavy atom. The van der Waals surface area contributed by atoms with Crippen molar-refractivity contribution in [1.29, 1.82) is 0 Å². The smallest absolute Gasteiger partial charge is 0.748 e. The molecule has 4 heterocycles. The van der Waals surface area contributed by atoms with Crippen LogP contribution in [-0.2, 0) is 64.0 Å². The van der Waals surface area contributed by atoms with Crippen LogP contribution in [0.3, 0.4) is 0 Å². The van der Waals surface area contributed by atoms with Gasteiger partial charge < -0.3 is 73.2 Å². The largest absolute Gasteiger partial charge is 2.00 e. The maximum Gasteiger partial charge on any atom is 2.00 e. The van der Waals surface area contributed by atoms with Gasteiger partial charge in [-0.3, -0.25) is 19.9 Å². The summed E-state index contributed by atoms with van der Waals surface area (Å²) in [5.41, 5.74) is 13.0. The molecule has 4 aromatic heterocycles. The van der Waals surface area contributed by atoms with E-state index in [-0.39, 0.29) is 67.0 Å². The molecule has 0 unspecified atom stereocenters. The molecule has 0 spiro atoms. The SMILES string of the molecule is N[C@@H](CS(=O)(=O)[O-])C(=O)[O-].N[C@@H](CS(=O)(=O)[O-])C(=O)[O-].O.O.O.O.O.O.[Cu+2].[Cu+2].c1ccc(-c2ccccn2)nc1.c1ccc(-c2ccccn2)nc1. The molecule has 0 aromatic carbocycles. The Kier molecular flexibility index (Phi) is 43.6. The number of carbonyl (C=O) groups is 2. The zero-order valence-corrected chi connectivity index (χ0v) is 29.8. The predicted octanol–water partition coefficient (Wildman–Crippen LogP) is -7.45. The first-order valence-corrected chi connectivity index (χ1v) is 15.2. The molecule has 2 radical (unpaired) electrons. The number of carboxylic acids is 2. The Balaban J connectivity index is -0.0000000791. The van der Waals surface area contributed by atoms with Gasteiger partial charge in [0, 0.05) is 24.8 Å². The van der Waals surface area contributed by atoms with E-state index in [1.807, 2.05) is 72.8 Å². The number of hydrogen-bond acceptors (Lipinski definition) is 16. The van der Waals surface area contributed by atoms with Crippen LogP contribution in [0.25, 0.3) is 22.8 Å². The third-order valence-electron chi connectivity index (χ3n) is 4.56. The van der Waals surface area contributed by atoms with E-state index >= 15 is 0 Å². The third-order valence-corrected chi connectivity index (χ3v) is 6.09. The van der Waals surface area contributed by atoms with Crippen molar-refractivity contribution in [3.63, 3.8) is 0 Å². The Bertz CT molecular complexity index is 1460. The first kappa shape index (κ1) is 66.3. The average molecular weight is 882 g/mol. The molecule has 16 N–H and O–H groups in total. The van der Waals surface area contributed by atoms with Gasteiger partial charge in [-0.25, -0.2) is 16.8 Å². The van der Waals surface area contributed by atoms with Crippen LogP contribution in [-0.4, -0.2) is 114 Å². The van der Waals surface area contributed by atoms with Crippen LogP contribution in [0.2, 0.25) is 0 Å². The second-order valence-corrected chi connectivity index (χ2v) is 11.1. The second kappa shape index (κ2) is 34.2. The van der Waals surface area contributed by atoms with E-state index < -0.39 is 55.8 Å². The van der Waals surface area contributed by atoms with Gasteiger partial charge in [-0.2, -0.15) is 0 Å². The van der Waals surface area contributed by atoms with Crippen LogP contribution in [0.4, 0.5) is 0 Å². The van der Waals surface area contributed by atoms with E-state index in [4.69, 9.17) is 0 Å². The van der Waals surface area contributed by atoms with Crippen molar-refractivity contribution in [2.75, 3.05) is 11.5 Å². The van der Waals surface area contributed by atoms with Gasteiger partial charge in [-0.15, -0.1) is 0 Å². The fourth-order valence-electron chi connectivity index (χ4n) is 2.63. The van der Waals surface area contributed by atoms with Crippen molar-refractivity contribution >= 4 is 32.2 Å². The maximum atomic E-state index is 9.82. The topological polar surface area (TPSA) is 487 Å². The van der Waals surface area contributed by atoms with Gasteiger partial charge in [0.2, 0.25) is 0 Å². The number of hydrogen-bond donors (Lipinski definition) is 2. The summed E-state index contributed by atoms with van der Waals surface area (Å²) < 4.78 is 58.9. The number of nitrogens with zero attached hydrogens (tertiary/aromatic N) is 4. The minimum Gasteiger partial charge on any atom is -0.748 e. The van der Waals surface area contributed by atoms with Gasteiger partial charge in [0.05, 0.1) is 78.5 Å². The molecule has 0 aliphatic rings. The summed E-state index contributed by atoms with van der Waals surface area (Å²) in [5.74, 6) is -5.76.